The highest BCUT2D eigenvalue weighted by Crippen LogP contribution is 2.22. The van der Waals surface area contributed by atoms with E-state index in [1.54, 1.807) is 13.0 Å². The second-order valence-corrected chi connectivity index (χ2v) is 5.19. The van der Waals surface area contributed by atoms with Gasteiger partial charge in [0.1, 0.15) is 17.0 Å². The van der Waals surface area contributed by atoms with Crippen LogP contribution in [0.3, 0.4) is 0 Å². The maximum atomic E-state index is 12.7. The van der Waals surface area contributed by atoms with Gasteiger partial charge >= 0.3 is 5.97 Å². The topological polar surface area (TPSA) is 112 Å². The summed E-state index contributed by atoms with van der Waals surface area (Å²) in [6, 6.07) is 5.87. The number of Topliss-reactive ketones (excluding diaryl/α,β-unsaturated/α-hetero) is 1. The lowest BCUT2D eigenvalue weighted by Gasteiger charge is -2.07. The number of carbonyl (C=O) groups is 2. The highest BCUT2D eigenvalue weighted by Gasteiger charge is 2.18. The number of pyridine rings is 1. The molecule has 0 saturated carbocycles. The lowest BCUT2D eigenvalue weighted by atomic mass is 10.1. The smallest absolute Gasteiger partial charge is 0.341 e. The maximum absolute atomic E-state index is 12.7. The Labute approximate surface area is 136 Å². The molecule has 7 heteroatoms. The quantitative estimate of drug-likeness (QED) is 0.446. The molecule has 3 rings (SSSR count). The highest BCUT2D eigenvalue weighted by molar-refractivity contribution is 6.01. The van der Waals surface area contributed by atoms with Crippen molar-refractivity contribution in [1.29, 1.82) is 0 Å². The zero-order valence-corrected chi connectivity index (χ0v) is 13.1. The van der Waals surface area contributed by atoms with Crippen molar-refractivity contribution in [2.24, 2.45) is 0 Å². The Bertz CT molecular complexity index is 1050. The van der Waals surface area contributed by atoms with Crippen molar-refractivity contribution < 1.29 is 18.7 Å². The van der Waals surface area contributed by atoms with Gasteiger partial charge in [-0.2, -0.15) is 4.98 Å². The van der Waals surface area contributed by atoms with Gasteiger partial charge in [-0.15, -0.1) is 0 Å². The number of aromatic nitrogens is 1. The number of hydrogen-bond donors (Lipinski definition) is 1. The summed E-state index contributed by atoms with van der Waals surface area (Å²) >= 11 is 0. The van der Waals surface area contributed by atoms with Crippen molar-refractivity contribution in [3.8, 4) is 0 Å². The van der Waals surface area contributed by atoms with Crippen LogP contribution in [0.4, 0.5) is 5.82 Å². The molecule has 0 spiro atoms. The zero-order valence-electron chi connectivity index (χ0n) is 13.1. The predicted octanol–water partition coefficient (Wildman–Crippen LogP) is 2.30. The molecule has 2 heterocycles. The first kappa shape index (κ1) is 15.7. The van der Waals surface area contributed by atoms with Gasteiger partial charge in [-0.1, -0.05) is 0 Å². The predicted molar refractivity (Wildman–Crippen MR) is 88.2 cm³/mol. The number of anilines is 1. The van der Waals surface area contributed by atoms with Crippen molar-refractivity contribution in [2.45, 2.75) is 13.8 Å². The van der Waals surface area contributed by atoms with Gasteiger partial charge in [-0.25, -0.2) is 4.79 Å². The number of nitrogen functional groups attached to an aromatic ring is 1. The number of carbonyl (C=O) groups excluding carboxylic acids is 2. The number of ketones is 1. The molecule has 0 atom stereocenters. The van der Waals surface area contributed by atoms with Gasteiger partial charge < -0.3 is 14.9 Å². The van der Waals surface area contributed by atoms with E-state index < -0.39 is 11.4 Å². The van der Waals surface area contributed by atoms with Crippen LogP contribution in [0.2, 0.25) is 0 Å². The third kappa shape index (κ3) is 2.50. The lowest BCUT2D eigenvalue weighted by molar-refractivity contribution is 0.0527. The van der Waals surface area contributed by atoms with Gasteiger partial charge in [0.25, 0.3) is 0 Å². The third-order valence-electron chi connectivity index (χ3n) is 3.59. The van der Waals surface area contributed by atoms with Crippen molar-refractivity contribution in [1.82, 2.24) is 4.98 Å². The first-order valence-corrected chi connectivity index (χ1v) is 7.27. The highest BCUT2D eigenvalue weighted by atomic mass is 16.5. The van der Waals surface area contributed by atoms with Crippen LogP contribution in [0.1, 0.15) is 34.6 Å². The van der Waals surface area contributed by atoms with E-state index in [0.717, 1.165) is 0 Å². The fourth-order valence-corrected chi connectivity index (χ4v) is 2.39. The Hall–Kier alpha value is -3.22. The summed E-state index contributed by atoms with van der Waals surface area (Å²) in [6.07, 6.45) is 0. The van der Waals surface area contributed by atoms with E-state index in [0.29, 0.717) is 5.56 Å². The van der Waals surface area contributed by atoms with Crippen LogP contribution < -0.4 is 11.2 Å². The molecule has 1 aromatic carbocycles. The molecular formula is C17H14N2O5. The van der Waals surface area contributed by atoms with E-state index in [9.17, 15) is 14.4 Å². The van der Waals surface area contributed by atoms with Crippen LogP contribution in [-0.4, -0.2) is 23.3 Å². The van der Waals surface area contributed by atoms with Crippen LogP contribution in [0.15, 0.2) is 33.5 Å². The van der Waals surface area contributed by atoms with Gasteiger partial charge in [0, 0.05) is 5.56 Å². The summed E-state index contributed by atoms with van der Waals surface area (Å²) in [5.41, 5.74) is 6.06. The number of fused-ring (bicyclic) bond motifs is 2. The number of benzene rings is 1. The maximum Gasteiger partial charge on any atom is 0.341 e. The number of esters is 1. The third-order valence-corrected chi connectivity index (χ3v) is 3.59. The van der Waals surface area contributed by atoms with Crippen molar-refractivity contribution in [2.75, 3.05) is 12.3 Å². The van der Waals surface area contributed by atoms with Crippen molar-refractivity contribution in [3.63, 3.8) is 0 Å². The van der Waals surface area contributed by atoms with E-state index in [-0.39, 0.29) is 45.8 Å². The molecule has 3 aromatic rings. The SMILES string of the molecule is CCOC(=O)c1cc2c(=O)c3cc(C(C)=O)ccc3oc2nc1N. The molecule has 0 saturated heterocycles. The van der Waals surface area contributed by atoms with Crippen molar-refractivity contribution in [3.05, 3.63) is 45.6 Å². The Morgan fingerprint density at radius 2 is 2.00 bits per heavy atom. The van der Waals surface area contributed by atoms with E-state index in [1.165, 1.54) is 25.1 Å². The molecule has 2 aromatic heterocycles. The zero-order chi connectivity index (χ0) is 17.4. The van der Waals surface area contributed by atoms with Gasteiger partial charge in [0.2, 0.25) is 11.1 Å². The van der Waals surface area contributed by atoms with E-state index >= 15 is 0 Å². The molecule has 0 unspecified atom stereocenters. The van der Waals surface area contributed by atoms with Gasteiger partial charge in [-0.05, 0) is 38.1 Å². The molecule has 0 amide bonds. The molecule has 0 aliphatic rings. The summed E-state index contributed by atoms with van der Waals surface area (Å²) in [5.74, 6) is -0.913. The second-order valence-electron chi connectivity index (χ2n) is 5.19. The lowest BCUT2D eigenvalue weighted by Crippen LogP contribution is -2.12. The average molecular weight is 326 g/mol. The fourth-order valence-electron chi connectivity index (χ4n) is 2.39. The molecule has 0 radical (unpaired) electrons. The summed E-state index contributed by atoms with van der Waals surface area (Å²) < 4.78 is 10.5. The minimum Gasteiger partial charge on any atom is -0.462 e. The Kier molecular flexibility index (Phi) is 3.76. The van der Waals surface area contributed by atoms with Gasteiger partial charge in [0.15, 0.2) is 5.78 Å². The summed E-state index contributed by atoms with van der Waals surface area (Å²) in [6.45, 7) is 3.24. The normalized spacial score (nSPS) is 10.9. The first-order chi connectivity index (χ1) is 11.4. The fraction of sp³-hybridized carbons (Fsp3) is 0.176. The molecule has 122 valence electrons. The summed E-state index contributed by atoms with van der Waals surface area (Å²) in [7, 11) is 0. The van der Waals surface area contributed by atoms with Gasteiger partial charge in [0.05, 0.1) is 17.4 Å². The summed E-state index contributed by atoms with van der Waals surface area (Å²) in [5, 5.41) is 0.331. The monoisotopic (exact) mass is 326 g/mol. The molecule has 7 nitrogen and oxygen atoms in total. The van der Waals surface area contributed by atoms with Crippen LogP contribution in [0.25, 0.3) is 22.1 Å². The number of rotatable bonds is 3. The summed E-state index contributed by atoms with van der Waals surface area (Å²) in [4.78, 5) is 40.1. The standard InChI is InChI=1S/C17H14N2O5/c1-3-23-17(22)12-7-11-14(21)10-6-9(8(2)20)4-5-13(10)24-16(11)19-15(12)18/h4-7H,3H2,1-2H3,(H2,18,19). The number of nitrogens with zero attached hydrogens (tertiary/aromatic N) is 1. The minimum atomic E-state index is -0.665. The van der Waals surface area contributed by atoms with Crippen LogP contribution in [0, 0.1) is 0 Å². The molecule has 0 bridgehead atoms. The molecule has 0 fully saturated rings. The average Bonchev–Trinajstić information content (AvgIpc) is 2.54. The molecule has 0 aliphatic carbocycles. The Morgan fingerprint density at radius 3 is 2.67 bits per heavy atom. The number of ether oxygens (including phenoxy) is 1. The van der Waals surface area contributed by atoms with Crippen LogP contribution in [-0.2, 0) is 4.74 Å². The van der Waals surface area contributed by atoms with Crippen LogP contribution in [0.5, 0.6) is 0 Å². The largest absolute Gasteiger partial charge is 0.462 e. The minimum absolute atomic E-state index is 0.00118. The first-order valence-electron chi connectivity index (χ1n) is 7.27. The van der Waals surface area contributed by atoms with E-state index in [1.807, 2.05) is 0 Å². The van der Waals surface area contributed by atoms with E-state index in [2.05, 4.69) is 4.98 Å². The molecule has 24 heavy (non-hydrogen) atoms. The Balaban J connectivity index is 2.33. The van der Waals surface area contributed by atoms with Crippen molar-refractivity contribution >= 4 is 39.6 Å². The Morgan fingerprint density at radius 1 is 1.25 bits per heavy atom. The molecular weight excluding hydrogens is 312 g/mol. The number of hydrogen-bond acceptors (Lipinski definition) is 7. The van der Waals surface area contributed by atoms with Crippen LogP contribution >= 0.6 is 0 Å². The van der Waals surface area contributed by atoms with Gasteiger partial charge in [-0.3, -0.25) is 9.59 Å². The molecule has 2 N–H and O–H groups in total. The van der Waals surface area contributed by atoms with E-state index in [4.69, 9.17) is 14.9 Å². The number of nitrogens with two attached hydrogens (primary N) is 1. The second kappa shape index (κ2) is 5.77. The molecule has 0 aliphatic heterocycles.